The van der Waals surface area contributed by atoms with Crippen LogP contribution in [0.15, 0.2) is 48.5 Å². The average molecular weight is 418 g/mol. The lowest BCUT2D eigenvalue weighted by Gasteiger charge is -2.26. The second-order valence-corrected chi connectivity index (χ2v) is 10.4. The topological polar surface area (TPSA) is 63.7 Å². The van der Waals surface area contributed by atoms with Gasteiger partial charge in [-0.05, 0) is 46.7 Å². The summed E-state index contributed by atoms with van der Waals surface area (Å²) in [5.41, 5.74) is 2.66. The lowest BCUT2D eigenvalue weighted by Crippen LogP contribution is -2.33. The quantitative estimate of drug-likeness (QED) is 0.617. The molecule has 6 heteroatoms. The van der Waals surface area contributed by atoms with Crippen molar-refractivity contribution in [3.63, 3.8) is 0 Å². The van der Waals surface area contributed by atoms with Gasteiger partial charge in [-0.3, -0.25) is 4.79 Å². The van der Waals surface area contributed by atoms with Crippen LogP contribution in [0.3, 0.4) is 0 Å². The Bertz CT molecular complexity index is 942. The molecular formula is C23H31NO4S. The van der Waals surface area contributed by atoms with Gasteiger partial charge < -0.3 is 9.08 Å². The van der Waals surface area contributed by atoms with E-state index in [1.807, 2.05) is 30.3 Å². The van der Waals surface area contributed by atoms with Crippen molar-refractivity contribution in [1.29, 1.82) is 0 Å². The van der Waals surface area contributed by atoms with E-state index in [4.69, 9.17) is 4.18 Å². The van der Waals surface area contributed by atoms with Crippen molar-refractivity contribution in [1.82, 2.24) is 4.90 Å². The third-order valence-corrected chi connectivity index (χ3v) is 4.89. The fraction of sp³-hybridized carbons (Fsp3) is 0.435. The van der Waals surface area contributed by atoms with Gasteiger partial charge in [0.15, 0.2) is 0 Å². The zero-order valence-corrected chi connectivity index (χ0v) is 18.9. The van der Waals surface area contributed by atoms with Crippen molar-refractivity contribution in [2.75, 3.05) is 12.8 Å². The standard InChI is InChI=1S/C23H31NO4S/c1-17(2)15-24(16-18-8-7-9-21(14-18)28-29(6,26)27)22(25)19-10-12-20(13-11-19)23(3,4)5/h7-14,17H,15-16H2,1-6H3. The highest BCUT2D eigenvalue weighted by Gasteiger charge is 2.19. The molecule has 158 valence electrons. The van der Waals surface area contributed by atoms with Crippen LogP contribution in [-0.4, -0.2) is 32.0 Å². The molecule has 0 radical (unpaired) electrons. The molecule has 1 amide bonds. The molecule has 0 aliphatic heterocycles. The highest BCUT2D eigenvalue weighted by molar-refractivity contribution is 7.86. The number of rotatable bonds is 7. The van der Waals surface area contributed by atoms with E-state index < -0.39 is 10.1 Å². The summed E-state index contributed by atoms with van der Waals surface area (Å²) in [6.45, 7) is 11.5. The fourth-order valence-electron chi connectivity index (χ4n) is 3.05. The van der Waals surface area contributed by atoms with Gasteiger partial charge in [-0.15, -0.1) is 0 Å². The lowest BCUT2D eigenvalue weighted by molar-refractivity contribution is 0.0722. The van der Waals surface area contributed by atoms with E-state index in [0.717, 1.165) is 11.8 Å². The molecular weight excluding hydrogens is 386 g/mol. The zero-order valence-electron chi connectivity index (χ0n) is 18.1. The van der Waals surface area contributed by atoms with Crippen LogP contribution in [0.5, 0.6) is 5.75 Å². The highest BCUT2D eigenvalue weighted by Crippen LogP contribution is 2.23. The Hall–Kier alpha value is -2.34. The van der Waals surface area contributed by atoms with Crippen LogP contribution < -0.4 is 4.18 Å². The SMILES string of the molecule is CC(C)CN(Cc1cccc(OS(C)(=O)=O)c1)C(=O)c1ccc(C(C)(C)C)cc1. The van der Waals surface area contributed by atoms with Gasteiger partial charge in [0.05, 0.1) is 6.26 Å². The Labute approximate surface area is 174 Å². The van der Waals surface area contributed by atoms with Crippen molar-refractivity contribution in [2.45, 2.75) is 46.6 Å². The van der Waals surface area contributed by atoms with Gasteiger partial charge in [0, 0.05) is 18.7 Å². The maximum atomic E-state index is 13.2. The summed E-state index contributed by atoms with van der Waals surface area (Å²) in [6.07, 6.45) is 1.01. The van der Waals surface area contributed by atoms with E-state index in [9.17, 15) is 13.2 Å². The molecule has 0 aromatic heterocycles. The van der Waals surface area contributed by atoms with Gasteiger partial charge in [-0.25, -0.2) is 0 Å². The summed E-state index contributed by atoms with van der Waals surface area (Å²) in [7, 11) is -3.60. The molecule has 5 nitrogen and oxygen atoms in total. The van der Waals surface area contributed by atoms with Crippen LogP contribution in [-0.2, 0) is 22.1 Å². The number of amides is 1. The molecule has 0 saturated heterocycles. The minimum atomic E-state index is -3.60. The van der Waals surface area contributed by atoms with Gasteiger partial charge in [0.25, 0.3) is 5.91 Å². The molecule has 0 spiro atoms. The number of nitrogens with zero attached hydrogens (tertiary/aromatic N) is 1. The monoisotopic (exact) mass is 417 g/mol. The minimum Gasteiger partial charge on any atom is -0.383 e. The van der Waals surface area contributed by atoms with Crippen molar-refractivity contribution < 1.29 is 17.4 Å². The molecule has 2 rings (SSSR count). The maximum Gasteiger partial charge on any atom is 0.306 e. The number of hydrogen-bond acceptors (Lipinski definition) is 4. The van der Waals surface area contributed by atoms with E-state index in [-0.39, 0.29) is 17.1 Å². The Morgan fingerprint density at radius 2 is 1.69 bits per heavy atom. The first-order valence-electron chi connectivity index (χ1n) is 9.73. The van der Waals surface area contributed by atoms with Crippen LogP contribution in [0.4, 0.5) is 0 Å². The molecule has 0 aliphatic carbocycles. The van der Waals surface area contributed by atoms with Crippen molar-refractivity contribution in [2.24, 2.45) is 5.92 Å². The summed E-state index contributed by atoms with van der Waals surface area (Å²) >= 11 is 0. The van der Waals surface area contributed by atoms with Crippen LogP contribution in [0.1, 0.15) is 56.1 Å². The molecule has 0 bridgehead atoms. The molecule has 0 saturated carbocycles. The van der Waals surface area contributed by atoms with E-state index >= 15 is 0 Å². The van der Waals surface area contributed by atoms with Crippen LogP contribution >= 0.6 is 0 Å². The van der Waals surface area contributed by atoms with Gasteiger partial charge in [0.1, 0.15) is 5.75 Å². The molecule has 29 heavy (non-hydrogen) atoms. The first kappa shape index (κ1) is 22.9. The summed E-state index contributed by atoms with van der Waals surface area (Å²) in [4.78, 5) is 14.9. The summed E-state index contributed by atoms with van der Waals surface area (Å²) < 4.78 is 27.7. The van der Waals surface area contributed by atoms with E-state index in [1.165, 1.54) is 5.56 Å². The number of carbonyl (C=O) groups excluding carboxylic acids is 1. The van der Waals surface area contributed by atoms with Gasteiger partial charge in [-0.1, -0.05) is 58.9 Å². The van der Waals surface area contributed by atoms with E-state index in [0.29, 0.717) is 24.6 Å². The van der Waals surface area contributed by atoms with Crippen LogP contribution in [0.2, 0.25) is 0 Å². The normalized spacial score (nSPS) is 12.1. The van der Waals surface area contributed by atoms with Crippen molar-refractivity contribution in [3.8, 4) is 5.75 Å². The lowest BCUT2D eigenvalue weighted by atomic mass is 9.86. The third-order valence-electron chi connectivity index (χ3n) is 4.39. The molecule has 0 fully saturated rings. The molecule has 0 N–H and O–H groups in total. The van der Waals surface area contributed by atoms with E-state index in [1.54, 1.807) is 23.1 Å². The Morgan fingerprint density at radius 1 is 1.07 bits per heavy atom. The van der Waals surface area contributed by atoms with Crippen LogP contribution in [0, 0.1) is 5.92 Å². The number of benzene rings is 2. The Morgan fingerprint density at radius 3 is 2.21 bits per heavy atom. The van der Waals surface area contributed by atoms with Crippen molar-refractivity contribution in [3.05, 3.63) is 65.2 Å². The number of hydrogen-bond donors (Lipinski definition) is 0. The third kappa shape index (κ3) is 7.20. The second kappa shape index (κ2) is 8.99. The molecule has 0 atom stereocenters. The largest absolute Gasteiger partial charge is 0.383 e. The number of carbonyl (C=O) groups is 1. The minimum absolute atomic E-state index is 0.0270. The van der Waals surface area contributed by atoms with E-state index in [2.05, 4.69) is 34.6 Å². The molecule has 0 unspecified atom stereocenters. The fourth-order valence-corrected chi connectivity index (χ4v) is 3.50. The molecule has 2 aromatic rings. The first-order chi connectivity index (χ1) is 13.3. The summed E-state index contributed by atoms with van der Waals surface area (Å²) in [5.74, 6) is 0.494. The van der Waals surface area contributed by atoms with Gasteiger partial charge in [0.2, 0.25) is 0 Å². The van der Waals surface area contributed by atoms with Gasteiger partial charge >= 0.3 is 10.1 Å². The predicted molar refractivity (Wildman–Crippen MR) is 117 cm³/mol. The Kier molecular flexibility index (Phi) is 7.11. The second-order valence-electron chi connectivity index (χ2n) is 8.84. The highest BCUT2D eigenvalue weighted by atomic mass is 32.2. The summed E-state index contributed by atoms with van der Waals surface area (Å²) in [5, 5.41) is 0. The maximum absolute atomic E-state index is 13.2. The zero-order chi connectivity index (χ0) is 21.8. The predicted octanol–water partition coefficient (Wildman–Crippen LogP) is 4.62. The van der Waals surface area contributed by atoms with Crippen molar-refractivity contribution >= 4 is 16.0 Å². The average Bonchev–Trinajstić information content (AvgIpc) is 2.58. The van der Waals surface area contributed by atoms with Gasteiger partial charge in [-0.2, -0.15) is 8.42 Å². The smallest absolute Gasteiger partial charge is 0.306 e. The summed E-state index contributed by atoms with van der Waals surface area (Å²) in [6, 6.07) is 14.6. The molecule has 0 heterocycles. The Balaban J connectivity index is 2.25. The molecule has 2 aromatic carbocycles. The first-order valence-corrected chi connectivity index (χ1v) is 11.5. The van der Waals surface area contributed by atoms with Crippen LogP contribution in [0.25, 0.3) is 0 Å². The molecule has 0 aliphatic rings.